The van der Waals surface area contributed by atoms with Gasteiger partial charge in [0, 0.05) is 18.9 Å². The SMILES string of the molecule is CC(=O)NC1CC(C(c2ccccc2)c2ccccc2)C1. The van der Waals surface area contributed by atoms with E-state index in [0.717, 1.165) is 12.8 Å². The first-order valence-corrected chi connectivity index (χ1v) is 7.61. The predicted molar refractivity (Wildman–Crippen MR) is 85.1 cm³/mol. The number of carbonyl (C=O) groups excluding carboxylic acids is 1. The maximum Gasteiger partial charge on any atom is 0.217 e. The summed E-state index contributed by atoms with van der Waals surface area (Å²) in [5.74, 6) is 1.11. The van der Waals surface area contributed by atoms with E-state index in [-0.39, 0.29) is 5.91 Å². The van der Waals surface area contributed by atoms with Gasteiger partial charge >= 0.3 is 0 Å². The molecule has 2 aromatic rings. The van der Waals surface area contributed by atoms with Gasteiger partial charge in [0.1, 0.15) is 0 Å². The fourth-order valence-electron chi connectivity index (χ4n) is 3.40. The highest BCUT2D eigenvalue weighted by atomic mass is 16.1. The summed E-state index contributed by atoms with van der Waals surface area (Å²) in [4.78, 5) is 11.2. The van der Waals surface area contributed by atoms with E-state index in [1.807, 2.05) is 0 Å². The van der Waals surface area contributed by atoms with Crippen LogP contribution in [0.4, 0.5) is 0 Å². The first-order chi connectivity index (χ1) is 10.2. The molecule has 0 saturated heterocycles. The van der Waals surface area contributed by atoms with E-state index >= 15 is 0 Å². The topological polar surface area (TPSA) is 29.1 Å². The maximum atomic E-state index is 11.2. The third-order valence-electron chi connectivity index (χ3n) is 4.37. The summed E-state index contributed by atoms with van der Waals surface area (Å²) in [6.07, 6.45) is 2.13. The molecule has 3 rings (SSSR count). The van der Waals surface area contributed by atoms with E-state index in [9.17, 15) is 4.79 Å². The predicted octanol–water partition coefficient (Wildman–Crippen LogP) is 3.73. The molecule has 108 valence electrons. The lowest BCUT2D eigenvalue weighted by molar-refractivity contribution is -0.120. The Bertz CT molecular complexity index is 548. The van der Waals surface area contributed by atoms with Crippen LogP contribution < -0.4 is 5.32 Å². The number of nitrogens with one attached hydrogen (secondary N) is 1. The van der Waals surface area contributed by atoms with Crippen LogP contribution in [-0.2, 0) is 4.79 Å². The van der Waals surface area contributed by atoms with Crippen LogP contribution in [0.5, 0.6) is 0 Å². The van der Waals surface area contributed by atoms with E-state index in [4.69, 9.17) is 0 Å². The standard InChI is InChI=1S/C19H21NO/c1-14(21)20-18-12-17(13-18)19(15-8-4-2-5-9-15)16-10-6-3-7-11-16/h2-11,17-19H,12-13H2,1H3,(H,20,21). The van der Waals surface area contributed by atoms with Crippen molar-refractivity contribution in [2.24, 2.45) is 5.92 Å². The molecule has 0 spiro atoms. The minimum absolute atomic E-state index is 0.0782. The van der Waals surface area contributed by atoms with Gasteiger partial charge in [-0.3, -0.25) is 4.79 Å². The van der Waals surface area contributed by atoms with E-state index in [2.05, 4.69) is 66.0 Å². The van der Waals surface area contributed by atoms with Crippen molar-refractivity contribution in [3.05, 3.63) is 71.8 Å². The van der Waals surface area contributed by atoms with Crippen molar-refractivity contribution in [1.82, 2.24) is 5.32 Å². The monoisotopic (exact) mass is 279 g/mol. The molecule has 1 fully saturated rings. The molecule has 1 saturated carbocycles. The van der Waals surface area contributed by atoms with Crippen molar-refractivity contribution < 1.29 is 4.79 Å². The molecular weight excluding hydrogens is 258 g/mol. The van der Waals surface area contributed by atoms with Crippen molar-refractivity contribution in [2.75, 3.05) is 0 Å². The van der Waals surface area contributed by atoms with E-state index < -0.39 is 0 Å². The molecule has 1 aliphatic rings. The first kappa shape index (κ1) is 13.9. The Morgan fingerprint density at radius 1 is 0.952 bits per heavy atom. The van der Waals surface area contributed by atoms with E-state index in [1.54, 1.807) is 6.92 Å². The molecule has 0 bridgehead atoms. The lowest BCUT2D eigenvalue weighted by Gasteiger charge is -2.41. The van der Waals surface area contributed by atoms with Gasteiger partial charge in [-0.25, -0.2) is 0 Å². The molecule has 2 heteroatoms. The van der Waals surface area contributed by atoms with Gasteiger partial charge in [0.2, 0.25) is 5.91 Å². The molecule has 0 aromatic heterocycles. The second kappa shape index (κ2) is 6.13. The average Bonchev–Trinajstić information content (AvgIpc) is 2.47. The van der Waals surface area contributed by atoms with E-state index in [0.29, 0.717) is 17.9 Å². The Morgan fingerprint density at radius 3 is 1.86 bits per heavy atom. The molecule has 2 aromatic carbocycles. The largest absolute Gasteiger partial charge is 0.354 e. The van der Waals surface area contributed by atoms with Crippen LogP contribution in [0.2, 0.25) is 0 Å². The number of amides is 1. The lowest BCUT2D eigenvalue weighted by Crippen LogP contribution is -2.45. The van der Waals surface area contributed by atoms with Crippen molar-refractivity contribution in [2.45, 2.75) is 31.7 Å². The third-order valence-corrected chi connectivity index (χ3v) is 4.37. The Morgan fingerprint density at radius 2 is 1.43 bits per heavy atom. The highest BCUT2D eigenvalue weighted by Gasteiger charge is 2.36. The van der Waals surface area contributed by atoms with Gasteiger partial charge in [-0.2, -0.15) is 0 Å². The van der Waals surface area contributed by atoms with Crippen molar-refractivity contribution in [1.29, 1.82) is 0 Å². The van der Waals surface area contributed by atoms with Crippen LogP contribution >= 0.6 is 0 Å². The molecule has 1 amide bonds. The first-order valence-electron chi connectivity index (χ1n) is 7.61. The van der Waals surface area contributed by atoms with Gasteiger partial charge in [-0.15, -0.1) is 0 Å². The summed E-state index contributed by atoms with van der Waals surface area (Å²) in [6.45, 7) is 1.60. The number of carbonyl (C=O) groups is 1. The summed E-state index contributed by atoms with van der Waals surface area (Å²) < 4.78 is 0. The lowest BCUT2D eigenvalue weighted by atomic mass is 9.67. The van der Waals surface area contributed by atoms with Crippen molar-refractivity contribution in [3.63, 3.8) is 0 Å². The zero-order chi connectivity index (χ0) is 14.7. The average molecular weight is 279 g/mol. The Kier molecular flexibility index (Phi) is 4.05. The van der Waals surface area contributed by atoms with Gasteiger partial charge in [0.25, 0.3) is 0 Å². The number of benzene rings is 2. The Labute approximate surface area is 126 Å². The second-order valence-electron chi connectivity index (χ2n) is 5.93. The number of hydrogen-bond acceptors (Lipinski definition) is 1. The molecule has 0 aliphatic heterocycles. The van der Waals surface area contributed by atoms with Crippen LogP contribution in [-0.4, -0.2) is 11.9 Å². The van der Waals surface area contributed by atoms with Crippen LogP contribution in [0.25, 0.3) is 0 Å². The van der Waals surface area contributed by atoms with Crippen LogP contribution in [0, 0.1) is 5.92 Å². The molecule has 1 aliphatic carbocycles. The summed E-state index contributed by atoms with van der Waals surface area (Å²) >= 11 is 0. The van der Waals surface area contributed by atoms with Crippen molar-refractivity contribution >= 4 is 5.91 Å². The minimum Gasteiger partial charge on any atom is -0.354 e. The number of rotatable bonds is 4. The van der Waals surface area contributed by atoms with Gasteiger partial charge < -0.3 is 5.32 Å². The molecule has 0 heterocycles. The van der Waals surface area contributed by atoms with Gasteiger partial charge in [0.05, 0.1) is 0 Å². The summed E-state index contributed by atoms with van der Waals surface area (Å²) in [5, 5.41) is 3.03. The molecule has 21 heavy (non-hydrogen) atoms. The summed E-state index contributed by atoms with van der Waals surface area (Å²) in [5.41, 5.74) is 2.74. The van der Waals surface area contributed by atoms with Crippen LogP contribution in [0.15, 0.2) is 60.7 Å². The molecule has 1 N–H and O–H groups in total. The van der Waals surface area contributed by atoms with Crippen LogP contribution in [0.3, 0.4) is 0 Å². The van der Waals surface area contributed by atoms with Gasteiger partial charge in [-0.05, 0) is 29.9 Å². The maximum absolute atomic E-state index is 11.2. The highest BCUT2D eigenvalue weighted by Crippen LogP contribution is 2.43. The molecule has 0 unspecified atom stereocenters. The Balaban J connectivity index is 1.80. The second-order valence-corrected chi connectivity index (χ2v) is 5.93. The van der Waals surface area contributed by atoms with Gasteiger partial charge in [0.15, 0.2) is 0 Å². The summed E-state index contributed by atoms with van der Waals surface area (Å²) in [7, 11) is 0. The highest BCUT2D eigenvalue weighted by molar-refractivity contribution is 5.73. The number of hydrogen-bond donors (Lipinski definition) is 1. The zero-order valence-electron chi connectivity index (χ0n) is 12.3. The fourth-order valence-corrected chi connectivity index (χ4v) is 3.40. The quantitative estimate of drug-likeness (QED) is 0.907. The Hall–Kier alpha value is -2.09. The third kappa shape index (κ3) is 3.15. The zero-order valence-corrected chi connectivity index (χ0v) is 12.3. The molecular formula is C19H21NO. The summed E-state index contributed by atoms with van der Waals surface area (Å²) in [6, 6.07) is 21.7. The smallest absolute Gasteiger partial charge is 0.217 e. The van der Waals surface area contributed by atoms with E-state index in [1.165, 1.54) is 11.1 Å². The van der Waals surface area contributed by atoms with Crippen molar-refractivity contribution in [3.8, 4) is 0 Å². The van der Waals surface area contributed by atoms with Gasteiger partial charge in [-0.1, -0.05) is 60.7 Å². The minimum atomic E-state index is 0.0782. The van der Waals surface area contributed by atoms with Crippen LogP contribution in [0.1, 0.15) is 36.8 Å². The molecule has 0 atom stereocenters. The molecule has 2 nitrogen and oxygen atoms in total. The molecule has 0 radical (unpaired) electrons. The normalized spacial score (nSPS) is 20.9. The fraction of sp³-hybridized carbons (Fsp3) is 0.316.